The summed E-state index contributed by atoms with van der Waals surface area (Å²) >= 11 is 0. The molecule has 0 atom stereocenters. The minimum atomic E-state index is -1.01. The van der Waals surface area contributed by atoms with Crippen molar-refractivity contribution in [1.29, 1.82) is 0 Å². The molecule has 3 N–H and O–H groups in total. The fourth-order valence-corrected chi connectivity index (χ4v) is 1.92. The first-order valence-electron chi connectivity index (χ1n) is 6.89. The van der Waals surface area contributed by atoms with Crippen LogP contribution in [-0.4, -0.2) is 22.9 Å². The summed E-state index contributed by atoms with van der Waals surface area (Å²) in [5, 5.41) is 14.1. The van der Waals surface area contributed by atoms with E-state index in [2.05, 4.69) is 10.6 Å². The van der Waals surface area contributed by atoms with Crippen molar-refractivity contribution in [2.45, 2.75) is 32.6 Å². The van der Waals surface area contributed by atoms with Gasteiger partial charge in [-0.1, -0.05) is 6.07 Å². The van der Waals surface area contributed by atoms with Gasteiger partial charge in [0.2, 0.25) is 11.8 Å². The highest BCUT2D eigenvalue weighted by atomic mass is 16.4. The number of carboxylic acid groups (broad SMARTS) is 1. The molecule has 0 radical (unpaired) electrons. The standard InChI is InChI=1S/C15H18N2O4/c1-9-11(16-13(18)7-8-14(19)20)3-2-4-12(9)17-15(21)10-5-6-10/h2-4,10H,5-8H2,1H3,(H,16,18)(H,17,21)(H,19,20). The van der Waals surface area contributed by atoms with Crippen molar-refractivity contribution in [2.75, 3.05) is 10.6 Å². The van der Waals surface area contributed by atoms with E-state index in [1.807, 2.05) is 0 Å². The quantitative estimate of drug-likeness (QED) is 0.748. The lowest BCUT2D eigenvalue weighted by molar-refractivity contribution is -0.138. The number of amides is 2. The van der Waals surface area contributed by atoms with Crippen molar-refractivity contribution in [3.05, 3.63) is 23.8 Å². The van der Waals surface area contributed by atoms with Gasteiger partial charge in [0.15, 0.2) is 0 Å². The molecular weight excluding hydrogens is 272 g/mol. The SMILES string of the molecule is Cc1c(NC(=O)CCC(=O)O)cccc1NC(=O)C1CC1. The van der Waals surface area contributed by atoms with Crippen LogP contribution in [0.1, 0.15) is 31.2 Å². The van der Waals surface area contributed by atoms with E-state index in [9.17, 15) is 14.4 Å². The van der Waals surface area contributed by atoms with Crippen LogP contribution in [0.4, 0.5) is 11.4 Å². The summed E-state index contributed by atoms with van der Waals surface area (Å²) in [6, 6.07) is 5.24. The molecule has 1 aliphatic carbocycles. The van der Waals surface area contributed by atoms with Crippen molar-refractivity contribution in [3.63, 3.8) is 0 Å². The van der Waals surface area contributed by atoms with Crippen LogP contribution in [0, 0.1) is 12.8 Å². The molecule has 0 aromatic heterocycles. The van der Waals surface area contributed by atoms with E-state index < -0.39 is 5.97 Å². The third-order valence-electron chi connectivity index (χ3n) is 3.38. The van der Waals surface area contributed by atoms with Gasteiger partial charge in [-0.25, -0.2) is 0 Å². The first kappa shape index (κ1) is 15.0. The van der Waals surface area contributed by atoms with Crippen molar-refractivity contribution in [3.8, 4) is 0 Å². The summed E-state index contributed by atoms with van der Waals surface area (Å²) in [7, 11) is 0. The zero-order valence-electron chi connectivity index (χ0n) is 11.8. The predicted octanol–water partition coefficient (Wildman–Crippen LogP) is 2.15. The zero-order chi connectivity index (χ0) is 15.4. The normalized spacial score (nSPS) is 13.6. The molecule has 1 aliphatic rings. The topological polar surface area (TPSA) is 95.5 Å². The van der Waals surface area contributed by atoms with Crippen LogP contribution in [0.15, 0.2) is 18.2 Å². The number of carbonyl (C=O) groups excluding carboxylic acids is 2. The number of carboxylic acids is 1. The van der Waals surface area contributed by atoms with Crippen LogP contribution in [0.3, 0.4) is 0 Å². The largest absolute Gasteiger partial charge is 0.481 e. The van der Waals surface area contributed by atoms with Gasteiger partial charge in [0.05, 0.1) is 6.42 Å². The predicted molar refractivity (Wildman–Crippen MR) is 78.0 cm³/mol. The van der Waals surface area contributed by atoms with Crippen LogP contribution >= 0.6 is 0 Å². The maximum Gasteiger partial charge on any atom is 0.303 e. The van der Waals surface area contributed by atoms with Crippen LogP contribution in [-0.2, 0) is 14.4 Å². The Bertz CT molecular complexity index is 579. The number of carbonyl (C=O) groups is 3. The van der Waals surface area contributed by atoms with Gasteiger partial charge >= 0.3 is 5.97 Å². The minimum absolute atomic E-state index is 0.00690. The van der Waals surface area contributed by atoms with E-state index in [1.165, 1.54) is 0 Å². The van der Waals surface area contributed by atoms with Gasteiger partial charge in [0.1, 0.15) is 0 Å². The highest BCUT2D eigenvalue weighted by Gasteiger charge is 2.29. The Morgan fingerprint density at radius 3 is 2.33 bits per heavy atom. The lowest BCUT2D eigenvalue weighted by Crippen LogP contribution is -2.16. The van der Waals surface area contributed by atoms with E-state index in [1.54, 1.807) is 25.1 Å². The second kappa shape index (κ2) is 6.39. The van der Waals surface area contributed by atoms with E-state index in [-0.39, 0.29) is 30.6 Å². The molecule has 112 valence electrons. The van der Waals surface area contributed by atoms with E-state index in [0.29, 0.717) is 11.4 Å². The fourth-order valence-electron chi connectivity index (χ4n) is 1.92. The van der Waals surface area contributed by atoms with Gasteiger partial charge < -0.3 is 15.7 Å². The zero-order valence-corrected chi connectivity index (χ0v) is 11.8. The average molecular weight is 290 g/mol. The van der Waals surface area contributed by atoms with Crippen molar-refractivity contribution in [1.82, 2.24) is 0 Å². The first-order chi connectivity index (χ1) is 9.97. The molecule has 6 heteroatoms. The number of anilines is 2. The Morgan fingerprint density at radius 1 is 1.14 bits per heavy atom. The molecule has 1 aromatic rings. The van der Waals surface area contributed by atoms with Gasteiger partial charge in [-0.15, -0.1) is 0 Å². The Hall–Kier alpha value is -2.37. The molecule has 1 saturated carbocycles. The second-order valence-electron chi connectivity index (χ2n) is 5.18. The third-order valence-corrected chi connectivity index (χ3v) is 3.38. The van der Waals surface area contributed by atoms with Crippen molar-refractivity contribution >= 4 is 29.2 Å². The molecule has 6 nitrogen and oxygen atoms in total. The van der Waals surface area contributed by atoms with E-state index >= 15 is 0 Å². The van der Waals surface area contributed by atoms with Crippen LogP contribution in [0.5, 0.6) is 0 Å². The number of nitrogens with one attached hydrogen (secondary N) is 2. The minimum Gasteiger partial charge on any atom is -0.481 e. The maximum atomic E-state index is 11.8. The highest BCUT2D eigenvalue weighted by Crippen LogP contribution is 2.31. The fraction of sp³-hybridized carbons (Fsp3) is 0.400. The second-order valence-corrected chi connectivity index (χ2v) is 5.18. The highest BCUT2D eigenvalue weighted by molar-refractivity contribution is 5.97. The van der Waals surface area contributed by atoms with Gasteiger partial charge in [0, 0.05) is 23.7 Å². The Labute approximate surface area is 122 Å². The lowest BCUT2D eigenvalue weighted by atomic mass is 10.1. The molecule has 0 spiro atoms. The van der Waals surface area contributed by atoms with Crippen LogP contribution in [0.25, 0.3) is 0 Å². The average Bonchev–Trinajstić information content (AvgIpc) is 3.25. The van der Waals surface area contributed by atoms with Gasteiger partial charge in [0.25, 0.3) is 0 Å². The third kappa shape index (κ3) is 4.30. The Morgan fingerprint density at radius 2 is 1.76 bits per heavy atom. The molecule has 0 saturated heterocycles. The van der Waals surface area contributed by atoms with E-state index in [4.69, 9.17) is 5.11 Å². The Balaban J connectivity index is 2.01. The van der Waals surface area contributed by atoms with Crippen molar-refractivity contribution in [2.24, 2.45) is 5.92 Å². The number of rotatable bonds is 6. The molecule has 0 heterocycles. The molecular formula is C15H18N2O4. The summed E-state index contributed by atoms with van der Waals surface area (Å²) < 4.78 is 0. The molecule has 1 fully saturated rings. The molecule has 0 bridgehead atoms. The lowest BCUT2D eigenvalue weighted by Gasteiger charge is -2.13. The summed E-state index contributed by atoms with van der Waals surface area (Å²) in [6.45, 7) is 1.80. The number of hydrogen-bond donors (Lipinski definition) is 3. The first-order valence-corrected chi connectivity index (χ1v) is 6.89. The number of aliphatic carboxylic acids is 1. The molecule has 0 aliphatic heterocycles. The van der Waals surface area contributed by atoms with Gasteiger partial charge in [-0.3, -0.25) is 14.4 Å². The van der Waals surface area contributed by atoms with Gasteiger partial charge in [-0.2, -0.15) is 0 Å². The van der Waals surface area contributed by atoms with E-state index in [0.717, 1.165) is 18.4 Å². The molecule has 2 amide bonds. The van der Waals surface area contributed by atoms with Crippen LogP contribution in [0.2, 0.25) is 0 Å². The summed E-state index contributed by atoms with van der Waals surface area (Å²) in [5.74, 6) is -1.25. The molecule has 0 unspecified atom stereocenters. The molecule has 2 rings (SSSR count). The number of benzene rings is 1. The smallest absolute Gasteiger partial charge is 0.303 e. The summed E-state index contributed by atoms with van der Waals surface area (Å²) in [4.78, 5) is 33.9. The van der Waals surface area contributed by atoms with Crippen LogP contribution < -0.4 is 10.6 Å². The molecule has 21 heavy (non-hydrogen) atoms. The summed E-state index contributed by atoms with van der Waals surface area (Å²) in [5.41, 5.74) is 2.01. The van der Waals surface area contributed by atoms with Crippen molar-refractivity contribution < 1.29 is 19.5 Å². The van der Waals surface area contributed by atoms with Gasteiger partial charge in [-0.05, 0) is 37.5 Å². The monoisotopic (exact) mass is 290 g/mol. The number of hydrogen-bond acceptors (Lipinski definition) is 3. The maximum absolute atomic E-state index is 11.8. The summed E-state index contributed by atoms with van der Waals surface area (Å²) in [6.07, 6.45) is 1.57. The molecule has 1 aromatic carbocycles. The Kier molecular flexibility index (Phi) is 4.57.